The highest BCUT2D eigenvalue weighted by Crippen LogP contribution is 2.37. The van der Waals surface area contributed by atoms with Gasteiger partial charge >= 0.3 is 18.2 Å². The Morgan fingerprint density at radius 1 is 1.36 bits per heavy atom. The van der Waals surface area contributed by atoms with Gasteiger partial charge in [0.05, 0.1) is 46.9 Å². The number of anilines is 1. The van der Waals surface area contributed by atoms with Gasteiger partial charge in [-0.3, -0.25) is 15.2 Å². The second-order valence-electron chi connectivity index (χ2n) is 8.09. The summed E-state index contributed by atoms with van der Waals surface area (Å²) in [7, 11) is -0.324. The molecular weight excluding hydrogens is 537 g/mol. The number of esters is 1. The van der Waals surface area contributed by atoms with Gasteiger partial charge in [-0.25, -0.2) is 18.5 Å². The van der Waals surface area contributed by atoms with Crippen LogP contribution in [-0.4, -0.2) is 53.0 Å². The first-order valence-corrected chi connectivity index (χ1v) is 12.8. The minimum atomic E-state index is -4.69. The summed E-state index contributed by atoms with van der Waals surface area (Å²) in [5.74, 6) is -1.55. The van der Waals surface area contributed by atoms with Crippen molar-refractivity contribution < 1.29 is 31.7 Å². The largest absolute Gasteiger partial charge is 0.466 e. The molecule has 1 aromatic carbocycles. The number of hydrogen-bond acceptors (Lipinski definition) is 6. The maximum absolute atomic E-state index is 13.4. The zero-order valence-corrected chi connectivity index (χ0v) is 22.2. The summed E-state index contributed by atoms with van der Waals surface area (Å²) in [5.41, 5.74) is 4.75. The molecule has 39 heavy (non-hydrogen) atoms. The van der Waals surface area contributed by atoms with E-state index >= 15 is 0 Å². The van der Waals surface area contributed by atoms with Gasteiger partial charge in [-0.1, -0.05) is 24.8 Å². The monoisotopic (exact) mass is 564 g/mol. The van der Waals surface area contributed by atoms with Crippen molar-refractivity contribution >= 4 is 34.6 Å². The van der Waals surface area contributed by atoms with Crippen molar-refractivity contribution in [3.8, 4) is 6.07 Å². The Morgan fingerprint density at radius 3 is 2.54 bits per heavy atom. The zero-order chi connectivity index (χ0) is 29.5. The third-order valence-corrected chi connectivity index (χ3v) is 6.28. The van der Waals surface area contributed by atoms with Crippen LogP contribution in [0.5, 0.6) is 0 Å². The molecule has 0 bridgehead atoms. The van der Waals surface area contributed by atoms with Gasteiger partial charge in [0.1, 0.15) is 0 Å². The van der Waals surface area contributed by atoms with E-state index in [1.54, 1.807) is 0 Å². The summed E-state index contributed by atoms with van der Waals surface area (Å²) in [5, 5.41) is 18.1. The van der Waals surface area contributed by atoms with E-state index in [1.165, 1.54) is 37.5 Å². The van der Waals surface area contributed by atoms with Crippen molar-refractivity contribution in [1.82, 2.24) is 9.62 Å². The highest BCUT2D eigenvalue weighted by Gasteiger charge is 2.44. The molecule has 208 valence electrons. The number of nitriles is 1. The quantitative estimate of drug-likeness (QED) is 0.237. The van der Waals surface area contributed by atoms with Gasteiger partial charge in [-0.15, -0.1) is 0 Å². The van der Waals surface area contributed by atoms with Gasteiger partial charge in [-0.2, -0.15) is 18.4 Å². The number of carbonyl (C=O) groups excluding carboxylic acids is 2. The zero-order valence-electron chi connectivity index (χ0n) is 21.3. The Balaban J connectivity index is 2.88. The summed E-state index contributed by atoms with van der Waals surface area (Å²) in [6, 6.07) is 3.42. The lowest BCUT2D eigenvalue weighted by atomic mass is 9.90. The number of primary amides is 1. The van der Waals surface area contributed by atoms with Crippen LogP contribution in [0.3, 0.4) is 0 Å². The van der Waals surface area contributed by atoms with E-state index in [9.17, 15) is 32.2 Å². The molecule has 1 aromatic rings. The van der Waals surface area contributed by atoms with Crippen LogP contribution in [0.15, 0.2) is 71.5 Å². The van der Waals surface area contributed by atoms with E-state index in [0.29, 0.717) is 0 Å². The fourth-order valence-corrected chi connectivity index (χ4v) is 4.31. The van der Waals surface area contributed by atoms with Gasteiger partial charge in [0.15, 0.2) is 0 Å². The Hall–Kier alpha value is -4.22. The molecule has 0 aliphatic carbocycles. The van der Waals surface area contributed by atoms with Crippen molar-refractivity contribution in [1.29, 1.82) is 10.7 Å². The average Bonchev–Trinajstić information content (AvgIpc) is 2.86. The van der Waals surface area contributed by atoms with Crippen molar-refractivity contribution in [2.75, 3.05) is 24.8 Å². The van der Waals surface area contributed by atoms with Crippen LogP contribution in [0.1, 0.15) is 18.9 Å². The lowest BCUT2D eigenvalue weighted by Gasteiger charge is -2.43. The fourth-order valence-electron chi connectivity index (χ4n) is 3.92. The summed E-state index contributed by atoms with van der Waals surface area (Å²) >= 11 is 0. The molecule has 2 atom stereocenters. The lowest BCUT2D eigenvalue weighted by molar-refractivity contribution is -0.138. The molecule has 2 rings (SSSR count). The molecular formula is C25H27F3N6O4S. The molecule has 0 saturated carbocycles. The van der Waals surface area contributed by atoms with Gasteiger partial charge in [0, 0.05) is 24.2 Å². The highest BCUT2D eigenvalue weighted by molar-refractivity contribution is 7.82. The van der Waals surface area contributed by atoms with E-state index in [2.05, 4.69) is 11.3 Å². The summed E-state index contributed by atoms with van der Waals surface area (Å²) < 4.78 is 59.5. The number of nitrogens with two attached hydrogens (primary N) is 1. The molecule has 2 amide bonds. The van der Waals surface area contributed by atoms with Crippen molar-refractivity contribution in [2.24, 2.45) is 5.73 Å². The third-order valence-electron chi connectivity index (χ3n) is 5.67. The Bertz CT molecular complexity index is 1330. The second kappa shape index (κ2) is 13.0. The SMILES string of the molecule is C=C/C(C#N)=C\C=C(/CCNS(C)=O)[C@@H]1C(C(=O)OC)=C(C)N(c2cccc(C(F)(F)F)c2)C(=N)N1C(N)=O. The lowest BCUT2D eigenvalue weighted by Crippen LogP contribution is -2.59. The van der Waals surface area contributed by atoms with Gasteiger partial charge in [0.25, 0.3) is 0 Å². The number of rotatable bonds is 9. The Kier molecular flexibility index (Phi) is 10.4. The summed E-state index contributed by atoms with van der Waals surface area (Å²) in [4.78, 5) is 27.5. The van der Waals surface area contributed by atoms with Crippen LogP contribution in [0.25, 0.3) is 0 Å². The number of urea groups is 1. The minimum absolute atomic E-state index is 0.0137. The number of halogens is 3. The molecule has 0 aromatic heterocycles. The molecule has 0 spiro atoms. The maximum Gasteiger partial charge on any atom is 0.416 e. The molecule has 0 fully saturated rings. The number of allylic oxidation sites excluding steroid dienone is 5. The summed E-state index contributed by atoms with van der Waals surface area (Å²) in [6.07, 6.45) is 0.853. The number of alkyl halides is 3. The Morgan fingerprint density at radius 2 is 2.03 bits per heavy atom. The van der Waals surface area contributed by atoms with Crippen LogP contribution < -0.4 is 15.4 Å². The van der Waals surface area contributed by atoms with Gasteiger partial charge < -0.3 is 10.5 Å². The van der Waals surface area contributed by atoms with Gasteiger partial charge in [0.2, 0.25) is 5.96 Å². The second-order valence-corrected chi connectivity index (χ2v) is 9.28. The van der Waals surface area contributed by atoms with Crippen molar-refractivity contribution in [2.45, 2.75) is 25.6 Å². The van der Waals surface area contributed by atoms with Crippen molar-refractivity contribution in [3.63, 3.8) is 0 Å². The van der Waals surface area contributed by atoms with Crippen LogP contribution >= 0.6 is 0 Å². The molecule has 1 aliphatic rings. The number of ether oxygens (including phenoxy) is 1. The first-order valence-electron chi connectivity index (χ1n) is 11.2. The number of methoxy groups -OCH3 is 1. The molecule has 14 heteroatoms. The van der Waals surface area contributed by atoms with Crippen LogP contribution in [0.4, 0.5) is 23.7 Å². The fraction of sp³-hybridized carbons (Fsp3) is 0.280. The minimum Gasteiger partial charge on any atom is -0.466 e. The molecule has 0 radical (unpaired) electrons. The number of guanidine groups is 1. The molecule has 1 unspecified atom stereocenters. The number of amides is 2. The van der Waals surface area contributed by atoms with Crippen LogP contribution in [0.2, 0.25) is 0 Å². The number of benzene rings is 1. The van der Waals surface area contributed by atoms with E-state index in [0.717, 1.165) is 35.1 Å². The van der Waals surface area contributed by atoms with Gasteiger partial charge in [-0.05, 0) is 43.2 Å². The van der Waals surface area contributed by atoms with E-state index < -0.39 is 46.7 Å². The summed E-state index contributed by atoms with van der Waals surface area (Å²) in [6.45, 7) is 5.03. The third kappa shape index (κ3) is 7.21. The van der Waals surface area contributed by atoms with Crippen molar-refractivity contribution in [3.05, 3.63) is 77.1 Å². The average molecular weight is 565 g/mol. The Labute approximate surface area is 226 Å². The number of carbonyl (C=O) groups is 2. The highest BCUT2D eigenvalue weighted by atomic mass is 32.2. The standard InChI is InChI=1S/C25H27F3N6O4S/c1-5-16(14-29)9-10-17(11-12-32-39(4)37)21-20(22(35)38-3)15(2)33(23(30)34(21)24(31)36)19-8-6-7-18(13-19)25(26,27)28/h5-10,13,21,30,32H,1,11-12H2,2-4H3,(H2,31,36)/b16-9+,17-10+,30-23?/t21-,39?/m1/s1. The smallest absolute Gasteiger partial charge is 0.416 e. The van der Waals surface area contributed by atoms with E-state index in [4.69, 9.17) is 15.9 Å². The van der Waals surface area contributed by atoms with Crippen LogP contribution in [0, 0.1) is 16.7 Å². The number of nitrogens with one attached hydrogen (secondary N) is 2. The normalized spacial score (nSPS) is 17.6. The topological polar surface area (TPSA) is 153 Å². The molecule has 4 N–H and O–H groups in total. The first kappa shape index (κ1) is 31.0. The molecule has 1 aliphatic heterocycles. The molecule has 0 saturated heterocycles. The van der Waals surface area contributed by atoms with Crippen LogP contribution in [-0.2, 0) is 26.7 Å². The first-order chi connectivity index (χ1) is 18.3. The molecule has 1 heterocycles. The number of nitrogens with zero attached hydrogens (tertiary/aromatic N) is 3. The number of hydrogen-bond donors (Lipinski definition) is 3. The predicted octanol–water partition coefficient (Wildman–Crippen LogP) is 3.49. The molecule has 10 nitrogen and oxygen atoms in total. The predicted molar refractivity (Wildman–Crippen MR) is 140 cm³/mol. The van der Waals surface area contributed by atoms with E-state index in [-0.39, 0.29) is 41.1 Å². The van der Waals surface area contributed by atoms with E-state index in [1.807, 2.05) is 6.07 Å². The maximum atomic E-state index is 13.4.